The van der Waals surface area contributed by atoms with E-state index in [2.05, 4.69) is 12.2 Å². The van der Waals surface area contributed by atoms with Crippen LogP contribution in [-0.4, -0.2) is 6.04 Å². The van der Waals surface area contributed by atoms with E-state index >= 15 is 0 Å². The molecule has 1 N–H and O–H groups in total. The minimum absolute atomic E-state index is 0.117. The number of aryl methyl sites for hydroxylation is 1. The lowest BCUT2D eigenvalue weighted by atomic mass is 10.0. The van der Waals surface area contributed by atoms with E-state index in [1.807, 2.05) is 6.07 Å². The molecule has 1 aromatic rings. The second-order valence-corrected chi connectivity index (χ2v) is 6.47. The Kier molecular flexibility index (Phi) is 2.32. The number of halogens is 1. The lowest BCUT2D eigenvalue weighted by Gasteiger charge is -2.12. The Hall–Kier alpha value is -0.890. The van der Waals surface area contributed by atoms with E-state index in [9.17, 15) is 4.39 Å². The maximum Gasteiger partial charge on any atom is 0.123 e. The molecule has 4 rings (SSSR count). The first-order valence-electron chi connectivity index (χ1n) is 7.22. The normalized spacial score (nSPS) is 40.0. The van der Waals surface area contributed by atoms with E-state index < -0.39 is 0 Å². The molecule has 2 bridgehead atoms. The molecule has 0 amide bonds. The molecule has 0 aromatic heterocycles. The molecule has 96 valence electrons. The standard InChI is InChI=1S/C16H20FN/c1-9-2-5-13(17)7-12(9)8-18-16-14-10-3-4-11(6-10)15(14)16/h2,5,7,10-11,14-16,18H,3-4,6,8H2,1H3. The monoisotopic (exact) mass is 245 g/mol. The lowest BCUT2D eigenvalue weighted by molar-refractivity contribution is 0.456. The molecule has 0 heterocycles. The van der Waals surface area contributed by atoms with Crippen molar-refractivity contribution in [3.63, 3.8) is 0 Å². The summed E-state index contributed by atoms with van der Waals surface area (Å²) in [7, 11) is 0. The highest BCUT2D eigenvalue weighted by Crippen LogP contribution is 2.65. The summed E-state index contributed by atoms with van der Waals surface area (Å²) in [5, 5.41) is 3.68. The van der Waals surface area contributed by atoms with Gasteiger partial charge in [0.2, 0.25) is 0 Å². The topological polar surface area (TPSA) is 12.0 Å². The Morgan fingerprint density at radius 2 is 1.94 bits per heavy atom. The van der Waals surface area contributed by atoms with Crippen molar-refractivity contribution in [2.75, 3.05) is 0 Å². The van der Waals surface area contributed by atoms with Crippen molar-refractivity contribution < 1.29 is 4.39 Å². The summed E-state index contributed by atoms with van der Waals surface area (Å²) in [5.41, 5.74) is 2.31. The highest BCUT2D eigenvalue weighted by Gasteiger charge is 2.64. The van der Waals surface area contributed by atoms with Gasteiger partial charge >= 0.3 is 0 Å². The van der Waals surface area contributed by atoms with Gasteiger partial charge in [-0.15, -0.1) is 0 Å². The molecular formula is C16H20FN. The zero-order chi connectivity index (χ0) is 12.3. The zero-order valence-corrected chi connectivity index (χ0v) is 10.8. The van der Waals surface area contributed by atoms with Gasteiger partial charge in [0.15, 0.2) is 0 Å². The third-order valence-electron chi connectivity index (χ3n) is 5.57. The summed E-state index contributed by atoms with van der Waals surface area (Å²) in [6.07, 6.45) is 4.42. The van der Waals surface area contributed by atoms with Crippen LogP contribution in [-0.2, 0) is 6.54 Å². The van der Waals surface area contributed by atoms with E-state index in [1.165, 1.54) is 24.8 Å². The van der Waals surface area contributed by atoms with E-state index in [0.717, 1.165) is 41.8 Å². The molecule has 18 heavy (non-hydrogen) atoms. The van der Waals surface area contributed by atoms with Crippen LogP contribution in [0.15, 0.2) is 18.2 Å². The van der Waals surface area contributed by atoms with Gasteiger partial charge in [0.25, 0.3) is 0 Å². The first kappa shape index (κ1) is 11.0. The van der Waals surface area contributed by atoms with Crippen molar-refractivity contribution in [2.45, 2.75) is 38.8 Å². The average Bonchev–Trinajstić information content (AvgIpc) is 2.76. The van der Waals surface area contributed by atoms with Crippen LogP contribution in [0.4, 0.5) is 4.39 Å². The molecule has 3 aliphatic carbocycles. The molecule has 0 aliphatic heterocycles. The van der Waals surface area contributed by atoms with Gasteiger partial charge in [0.05, 0.1) is 0 Å². The maximum atomic E-state index is 13.2. The number of nitrogens with one attached hydrogen (secondary N) is 1. The molecule has 1 aromatic carbocycles. The van der Waals surface area contributed by atoms with Crippen LogP contribution in [0, 0.1) is 36.4 Å². The Labute approximate surface area is 108 Å². The SMILES string of the molecule is Cc1ccc(F)cc1CNC1C2C3CCC(C3)C12. The van der Waals surface area contributed by atoms with Crippen molar-refractivity contribution in [1.29, 1.82) is 0 Å². The van der Waals surface area contributed by atoms with Crippen LogP contribution in [0.1, 0.15) is 30.4 Å². The smallest absolute Gasteiger partial charge is 0.123 e. The van der Waals surface area contributed by atoms with E-state index in [1.54, 1.807) is 12.1 Å². The van der Waals surface area contributed by atoms with Gasteiger partial charge < -0.3 is 5.32 Å². The molecule has 1 nitrogen and oxygen atoms in total. The van der Waals surface area contributed by atoms with E-state index in [4.69, 9.17) is 0 Å². The molecular weight excluding hydrogens is 225 g/mol. The predicted molar refractivity (Wildman–Crippen MR) is 69.6 cm³/mol. The lowest BCUT2D eigenvalue weighted by Crippen LogP contribution is -2.22. The van der Waals surface area contributed by atoms with Crippen LogP contribution < -0.4 is 5.32 Å². The first-order chi connectivity index (χ1) is 8.74. The summed E-state index contributed by atoms with van der Waals surface area (Å²) in [4.78, 5) is 0. The first-order valence-corrected chi connectivity index (χ1v) is 7.22. The fourth-order valence-corrected chi connectivity index (χ4v) is 4.66. The summed E-state index contributed by atoms with van der Waals surface area (Å²) in [5.74, 6) is 3.81. The molecule has 3 aliphatic rings. The molecule has 3 saturated carbocycles. The zero-order valence-electron chi connectivity index (χ0n) is 10.8. The Morgan fingerprint density at radius 1 is 1.22 bits per heavy atom. The Morgan fingerprint density at radius 3 is 2.67 bits per heavy atom. The van der Waals surface area contributed by atoms with Gasteiger partial charge in [-0.2, -0.15) is 0 Å². The van der Waals surface area contributed by atoms with Gasteiger partial charge in [0.1, 0.15) is 5.82 Å². The van der Waals surface area contributed by atoms with Crippen LogP contribution in [0.5, 0.6) is 0 Å². The third-order valence-corrected chi connectivity index (χ3v) is 5.57. The Balaban J connectivity index is 1.41. The number of hydrogen-bond donors (Lipinski definition) is 1. The van der Waals surface area contributed by atoms with Crippen molar-refractivity contribution in [3.8, 4) is 0 Å². The number of benzene rings is 1. The van der Waals surface area contributed by atoms with Crippen LogP contribution in [0.2, 0.25) is 0 Å². The number of rotatable bonds is 3. The van der Waals surface area contributed by atoms with Crippen LogP contribution in [0.25, 0.3) is 0 Å². The van der Waals surface area contributed by atoms with Gasteiger partial charge in [-0.05, 0) is 73.1 Å². The fraction of sp³-hybridized carbons (Fsp3) is 0.625. The van der Waals surface area contributed by atoms with Gasteiger partial charge in [0, 0.05) is 12.6 Å². The highest BCUT2D eigenvalue weighted by molar-refractivity contribution is 5.27. The summed E-state index contributed by atoms with van der Waals surface area (Å²) in [6, 6.07) is 5.84. The van der Waals surface area contributed by atoms with Crippen LogP contribution in [0.3, 0.4) is 0 Å². The van der Waals surface area contributed by atoms with Crippen molar-refractivity contribution in [1.82, 2.24) is 5.32 Å². The quantitative estimate of drug-likeness (QED) is 0.862. The molecule has 4 unspecified atom stereocenters. The maximum absolute atomic E-state index is 13.2. The molecule has 0 spiro atoms. The average molecular weight is 245 g/mol. The number of fused-ring (bicyclic) bond motifs is 5. The number of hydrogen-bond acceptors (Lipinski definition) is 1. The largest absolute Gasteiger partial charge is 0.309 e. The summed E-state index contributed by atoms with van der Waals surface area (Å²) >= 11 is 0. The second-order valence-electron chi connectivity index (χ2n) is 6.47. The van der Waals surface area contributed by atoms with Crippen molar-refractivity contribution >= 4 is 0 Å². The highest BCUT2D eigenvalue weighted by atomic mass is 19.1. The molecule has 0 saturated heterocycles. The third kappa shape index (κ3) is 1.55. The molecule has 3 fully saturated rings. The summed E-state index contributed by atoms with van der Waals surface area (Å²) in [6.45, 7) is 2.90. The van der Waals surface area contributed by atoms with Crippen molar-refractivity contribution in [3.05, 3.63) is 35.1 Å². The summed E-state index contributed by atoms with van der Waals surface area (Å²) < 4.78 is 13.2. The molecule has 2 heteroatoms. The Bertz CT molecular complexity index is 468. The molecule has 0 radical (unpaired) electrons. The van der Waals surface area contributed by atoms with Crippen LogP contribution >= 0.6 is 0 Å². The van der Waals surface area contributed by atoms with Gasteiger partial charge in [-0.3, -0.25) is 0 Å². The molecule has 4 atom stereocenters. The van der Waals surface area contributed by atoms with Gasteiger partial charge in [-0.1, -0.05) is 6.07 Å². The minimum atomic E-state index is -0.117. The van der Waals surface area contributed by atoms with E-state index in [-0.39, 0.29) is 5.82 Å². The van der Waals surface area contributed by atoms with Crippen molar-refractivity contribution in [2.24, 2.45) is 23.7 Å². The van der Waals surface area contributed by atoms with Gasteiger partial charge in [-0.25, -0.2) is 4.39 Å². The van der Waals surface area contributed by atoms with E-state index in [0.29, 0.717) is 0 Å². The minimum Gasteiger partial charge on any atom is -0.309 e. The second kappa shape index (κ2) is 3.80. The fourth-order valence-electron chi connectivity index (χ4n) is 4.66. The predicted octanol–water partition coefficient (Wildman–Crippen LogP) is 3.27.